The number of hydrogen-bond donors (Lipinski definition) is 1. The van der Waals surface area contributed by atoms with Crippen LogP contribution in [0.2, 0.25) is 0 Å². The summed E-state index contributed by atoms with van der Waals surface area (Å²) in [4.78, 5) is 41.2. The molecule has 1 aliphatic rings. The molecule has 1 aliphatic heterocycles. The third kappa shape index (κ3) is 8.53. The van der Waals surface area contributed by atoms with Gasteiger partial charge in [-0.15, -0.1) is 0 Å². The van der Waals surface area contributed by atoms with Gasteiger partial charge in [0, 0.05) is 26.6 Å². The largest absolute Gasteiger partial charge is 0.370 e. The number of hydrogen-bond acceptors (Lipinski definition) is 5. The molecule has 7 nitrogen and oxygen atoms in total. The molecule has 1 aromatic carbocycles. The van der Waals surface area contributed by atoms with Crippen LogP contribution in [-0.2, 0) is 25.7 Å². The number of ether oxygens (including phenoxy) is 1. The van der Waals surface area contributed by atoms with Crippen LogP contribution in [0.3, 0.4) is 0 Å². The zero-order chi connectivity index (χ0) is 22.8. The van der Waals surface area contributed by atoms with Crippen LogP contribution in [0.4, 0.5) is 0 Å². The average Bonchev–Trinajstić information content (AvgIpc) is 2.88. The summed E-state index contributed by atoms with van der Waals surface area (Å²) in [6.07, 6.45) is 2.19. The first-order chi connectivity index (χ1) is 14.8. The highest BCUT2D eigenvalue weighted by Crippen LogP contribution is 2.15. The van der Waals surface area contributed by atoms with Crippen molar-refractivity contribution in [1.82, 2.24) is 15.1 Å². The Morgan fingerprint density at radius 3 is 2.55 bits per heavy atom. The first-order valence-electron chi connectivity index (χ1n) is 10.8. The number of benzene rings is 1. The van der Waals surface area contributed by atoms with Gasteiger partial charge < -0.3 is 19.9 Å². The molecule has 31 heavy (non-hydrogen) atoms. The Morgan fingerprint density at radius 1 is 1.23 bits per heavy atom. The molecule has 0 radical (unpaired) electrons. The number of carbonyl (C=O) groups excluding carboxylic acids is 3. The summed E-state index contributed by atoms with van der Waals surface area (Å²) in [7, 11) is 0. The topological polar surface area (TPSA) is 79.0 Å². The van der Waals surface area contributed by atoms with E-state index >= 15 is 0 Å². The van der Waals surface area contributed by atoms with Crippen molar-refractivity contribution >= 4 is 29.5 Å². The van der Waals surface area contributed by atoms with E-state index in [1.54, 1.807) is 21.6 Å². The minimum Gasteiger partial charge on any atom is -0.370 e. The van der Waals surface area contributed by atoms with Crippen LogP contribution in [0, 0.1) is 5.92 Å². The van der Waals surface area contributed by atoms with Crippen molar-refractivity contribution in [2.24, 2.45) is 5.92 Å². The Labute approximate surface area is 189 Å². The lowest BCUT2D eigenvalue weighted by atomic mass is 10.1. The monoisotopic (exact) mass is 449 g/mol. The molecule has 1 fully saturated rings. The SMILES string of the molecule is CSCC[C@H](NC(C)=O)C(=O)N1CC(=O)N(CC(C)C)C[C@@H](OCc2ccccc2)C1. The van der Waals surface area contributed by atoms with E-state index in [0.29, 0.717) is 38.6 Å². The Balaban J connectivity index is 2.17. The Hall–Kier alpha value is -2.06. The number of rotatable bonds is 10. The van der Waals surface area contributed by atoms with Crippen LogP contribution in [0.1, 0.15) is 32.8 Å². The van der Waals surface area contributed by atoms with Crippen LogP contribution in [0.5, 0.6) is 0 Å². The van der Waals surface area contributed by atoms with Gasteiger partial charge in [-0.1, -0.05) is 44.2 Å². The number of nitrogens with one attached hydrogen (secondary N) is 1. The van der Waals surface area contributed by atoms with Crippen LogP contribution < -0.4 is 5.32 Å². The quantitative estimate of drug-likeness (QED) is 0.592. The Kier molecular flexibility index (Phi) is 10.3. The first kappa shape index (κ1) is 25.2. The molecule has 2 atom stereocenters. The van der Waals surface area contributed by atoms with Gasteiger partial charge in [0.2, 0.25) is 17.7 Å². The van der Waals surface area contributed by atoms with E-state index in [1.165, 1.54) is 6.92 Å². The lowest BCUT2D eigenvalue weighted by Crippen LogP contribution is -2.51. The van der Waals surface area contributed by atoms with Crippen molar-refractivity contribution in [2.75, 3.05) is 38.2 Å². The molecule has 0 saturated carbocycles. The third-order valence-corrected chi connectivity index (χ3v) is 5.68. The van der Waals surface area contributed by atoms with Gasteiger partial charge in [-0.05, 0) is 29.9 Å². The normalized spacial score (nSPS) is 18.1. The van der Waals surface area contributed by atoms with Crippen LogP contribution in [0.15, 0.2) is 30.3 Å². The molecule has 0 bridgehead atoms. The van der Waals surface area contributed by atoms with Gasteiger partial charge in [-0.25, -0.2) is 0 Å². The van der Waals surface area contributed by atoms with E-state index in [0.717, 1.165) is 11.3 Å². The second-order valence-electron chi connectivity index (χ2n) is 8.36. The van der Waals surface area contributed by atoms with Crippen LogP contribution >= 0.6 is 11.8 Å². The number of thioether (sulfide) groups is 1. The van der Waals surface area contributed by atoms with Gasteiger partial charge in [0.25, 0.3) is 0 Å². The molecule has 1 aromatic rings. The van der Waals surface area contributed by atoms with E-state index in [2.05, 4.69) is 19.2 Å². The molecule has 2 rings (SSSR count). The lowest BCUT2D eigenvalue weighted by Gasteiger charge is -2.28. The standard InChI is InChI=1S/C23H35N3O4S/c1-17(2)12-25-13-20(30-16-19-8-6-5-7-9-19)14-26(15-22(25)28)23(29)21(10-11-31-4)24-18(3)27/h5-9,17,20-21H,10-16H2,1-4H3,(H,24,27)/t20-,21+/m1/s1. The fourth-order valence-electron chi connectivity index (χ4n) is 3.62. The second-order valence-corrected chi connectivity index (χ2v) is 9.35. The first-order valence-corrected chi connectivity index (χ1v) is 12.2. The Bertz CT molecular complexity index is 729. The van der Waals surface area contributed by atoms with Gasteiger partial charge in [-0.3, -0.25) is 14.4 Å². The van der Waals surface area contributed by atoms with Gasteiger partial charge in [0.1, 0.15) is 6.04 Å². The number of carbonyl (C=O) groups is 3. The number of amides is 3. The molecule has 0 spiro atoms. The highest BCUT2D eigenvalue weighted by Gasteiger charge is 2.34. The van der Waals surface area contributed by atoms with Crippen molar-refractivity contribution in [3.63, 3.8) is 0 Å². The fraction of sp³-hybridized carbons (Fsp3) is 0.609. The van der Waals surface area contributed by atoms with Crippen molar-refractivity contribution in [3.8, 4) is 0 Å². The minimum absolute atomic E-state index is 0.00605. The molecule has 1 heterocycles. The molecule has 0 unspecified atom stereocenters. The maximum atomic E-state index is 13.3. The average molecular weight is 450 g/mol. The summed E-state index contributed by atoms with van der Waals surface area (Å²) < 4.78 is 6.15. The molecule has 172 valence electrons. The van der Waals surface area contributed by atoms with Crippen molar-refractivity contribution in [2.45, 2.75) is 45.9 Å². The van der Waals surface area contributed by atoms with Crippen LogP contribution in [-0.4, -0.2) is 77.9 Å². The summed E-state index contributed by atoms with van der Waals surface area (Å²) in [5, 5.41) is 2.75. The van der Waals surface area contributed by atoms with E-state index < -0.39 is 6.04 Å². The van der Waals surface area contributed by atoms with Gasteiger partial charge in [0.15, 0.2) is 0 Å². The van der Waals surface area contributed by atoms with Gasteiger partial charge in [-0.2, -0.15) is 11.8 Å². The molecule has 0 aromatic heterocycles. The molecule has 8 heteroatoms. The zero-order valence-corrected chi connectivity index (χ0v) is 19.8. The van der Waals surface area contributed by atoms with E-state index in [1.807, 2.05) is 36.6 Å². The minimum atomic E-state index is -0.635. The second kappa shape index (κ2) is 12.7. The number of nitrogens with zero attached hydrogens (tertiary/aromatic N) is 2. The fourth-order valence-corrected chi connectivity index (χ4v) is 4.09. The van der Waals surface area contributed by atoms with Crippen LogP contribution in [0.25, 0.3) is 0 Å². The molecular formula is C23H35N3O4S. The lowest BCUT2D eigenvalue weighted by molar-refractivity contribution is -0.141. The summed E-state index contributed by atoms with van der Waals surface area (Å²) in [6.45, 7) is 7.35. The molecule has 0 aliphatic carbocycles. The van der Waals surface area contributed by atoms with E-state index in [-0.39, 0.29) is 30.4 Å². The highest BCUT2D eigenvalue weighted by molar-refractivity contribution is 7.98. The summed E-state index contributed by atoms with van der Waals surface area (Å²) >= 11 is 1.62. The van der Waals surface area contributed by atoms with Gasteiger partial charge in [0.05, 0.1) is 19.3 Å². The maximum absolute atomic E-state index is 13.3. The molecule has 1 N–H and O–H groups in total. The molecule has 3 amide bonds. The van der Waals surface area contributed by atoms with Crippen molar-refractivity contribution in [3.05, 3.63) is 35.9 Å². The predicted molar refractivity (Wildman–Crippen MR) is 124 cm³/mol. The summed E-state index contributed by atoms with van der Waals surface area (Å²) in [5.41, 5.74) is 1.04. The summed E-state index contributed by atoms with van der Waals surface area (Å²) in [5.74, 6) is 0.497. The molecular weight excluding hydrogens is 414 g/mol. The van der Waals surface area contributed by atoms with Gasteiger partial charge >= 0.3 is 0 Å². The highest BCUT2D eigenvalue weighted by atomic mass is 32.2. The molecule has 1 saturated heterocycles. The smallest absolute Gasteiger partial charge is 0.245 e. The van der Waals surface area contributed by atoms with Crippen molar-refractivity contribution in [1.29, 1.82) is 0 Å². The predicted octanol–water partition coefficient (Wildman–Crippen LogP) is 2.16. The maximum Gasteiger partial charge on any atom is 0.245 e. The van der Waals surface area contributed by atoms with E-state index in [9.17, 15) is 14.4 Å². The van der Waals surface area contributed by atoms with E-state index in [4.69, 9.17) is 4.74 Å². The van der Waals surface area contributed by atoms with Crippen molar-refractivity contribution < 1.29 is 19.1 Å². The Morgan fingerprint density at radius 2 is 1.94 bits per heavy atom. The zero-order valence-electron chi connectivity index (χ0n) is 19.0. The summed E-state index contributed by atoms with van der Waals surface area (Å²) in [6, 6.07) is 9.22. The third-order valence-electron chi connectivity index (χ3n) is 5.04.